The van der Waals surface area contributed by atoms with Gasteiger partial charge in [-0.1, -0.05) is 0 Å². The van der Waals surface area contributed by atoms with Gasteiger partial charge in [0.05, 0.1) is 11.5 Å². The predicted molar refractivity (Wildman–Crippen MR) is 59.7 cm³/mol. The van der Waals surface area contributed by atoms with E-state index in [-0.39, 0.29) is 11.9 Å². The van der Waals surface area contributed by atoms with Crippen molar-refractivity contribution in [2.75, 3.05) is 6.54 Å². The molecule has 5 nitrogen and oxygen atoms in total. The molecule has 1 amide bonds. The number of furan rings is 1. The largest absolute Gasteiger partial charge is 0.481 e. The molecule has 1 aliphatic rings. The molecular formula is C12H15NO4. The molecule has 1 N–H and O–H groups in total. The van der Waals surface area contributed by atoms with Gasteiger partial charge in [-0.25, -0.2) is 0 Å². The lowest BCUT2D eigenvalue weighted by atomic mass is 10.0. The molecule has 2 rings (SSSR count). The summed E-state index contributed by atoms with van der Waals surface area (Å²) in [7, 11) is 0. The number of aryl methyl sites for hydroxylation is 1. The van der Waals surface area contributed by atoms with Gasteiger partial charge < -0.3 is 14.4 Å². The number of nitrogens with zero attached hydrogens (tertiary/aromatic N) is 1. The molecule has 1 saturated heterocycles. The van der Waals surface area contributed by atoms with Crippen LogP contribution in [0.3, 0.4) is 0 Å². The standard InChI is InChI=1S/C12H15NO4/c1-7-5-9(6-17-7)11(14)13-4-3-10(8(13)2)12(15)16/h5-6,8,10H,3-4H2,1-2H3,(H,15,16). The average Bonchev–Trinajstić information content (AvgIpc) is 2.83. The minimum atomic E-state index is -0.837. The second-order valence-electron chi connectivity index (χ2n) is 4.42. The molecule has 92 valence electrons. The number of likely N-dealkylation sites (tertiary alicyclic amines) is 1. The Morgan fingerprint density at radius 1 is 1.53 bits per heavy atom. The van der Waals surface area contributed by atoms with E-state index in [0.29, 0.717) is 24.3 Å². The van der Waals surface area contributed by atoms with Crippen LogP contribution in [0.2, 0.25) is 0 Å². The normalized spacial score (nSPS) is 24.0. The van der Waals surface area contributed by atoms with Crippen molar-refractivity contribution in [1.82, 2.24) is 4.90 Å². The molecule has 2 atom stereocenters. The molecule has 0 spiro atoms. The number of rotatable bonds is 2. The highest BCUT2D eigenvalue weighted by Gasteiger charge is 2.38. The zero-order chi connectivity index (χ0) is 12.6. The Balaban J connectivity index is 2.14. The first-order chi connectivity index (χ1) is 8.00. The maximum Gasteiger partial charge on any atom is 0.308 e. The van der Waals surface area contributed by atoms with Crippen molar-refractivity contribution in [1.29, 1.82) is 0 Å². The third-order valence-corrected chi connectivity index (χ3v) is 3.31. The maximum absolute atomic E-state index is 12.1. The third-order valence-electron chi connectivity index (χ3n) is 3.31. The van der Waals surface area contributed by atoms with Crippen LogP contribution in [0, 0.1) is 12.8 Å². The second kappa shape index (κ2) is 4.24. The molecule has 5 heteroatoms. The van der Waals surface area contributed by atoms with E-state index < -0.39 is 11.9 Å². The quantitative estimate of drug-likeness (QED) is 0.846. The number of carbonyl (C=O) groups is 2. The van der Waals surface area contributed by atoms with Crippen LogP contribution in [0.15, 0.2) is 16.7 Å². The van der Waals surface area contributed by atoms with Crippen LogP contribution >= 0.6 is 0 Å². The van der Waals surface area contributed by atoms with E-state index >= 15 is 0 Å². The van der Waals surface area contributed by atoms with Crippen molar-refractivity contribution < 1.29 is 19.1 Å². The Morgan fingerprint density at radius 3 is 2.71 bits per heavy atom. The lowest BCUT2D eigenvalue weighted by molar-refractivity contribution is -0.142. The van der Waals surface area contributed by atoms with E-state index in [1.54, 1.807) is 24.8 Å². The molecule has 2 unspecified atom stereocenters. The Morgan fingerprint density at radius 2 is 2.24 bits per heavy atom. The van der Waals surface area contributed by atoms with Crippen LogP contribution in [0.5, 0.6) is 0 Å². The van der Waals surface area contributed by atoms with Crippen LogP contribution in [0.25, 0.3) is 0 Å². The molecule has 1 aliphatic heterocycles. The summed E-state index contributed by atoms with van der Waals surface area (Å²) < 4.78 is 5.09. The zero-order valence-corrected chi connectivity index (χ0v) is 9.84. The molecule has 1 fully saturated rings. The molecule has 2 heterocycles. The average molecular weight is 237 g/mol. The number of carboxylic acids is 1. The molecule has 0 saturated carbocycles. The van der Waals surface area contributed by atoms with E-state index in [2.05, 4.69) is 0 Å². The van der Waals surface area contributed by atoms with Crippen molar-refractivity contribution in [3.05, 3.63) is 23.7 Å². The number of hydrogen-bond acceptors (Lipinski definition) is 3. The van der Waals surface area contributed by atoms with Crippen LogP contribution in [0.4, 0.5) is 0 Å². The molecule has 1 aromatic heterocycles. The Bertz CT molecular complexity index is 451. The summed E-state index contributed by atoms with van der Waals surface area (Å²) in [5.41, 5.74) is 0.486. The van der Waals surface area contributed by atoms with Gasteiger partial charge >= 0.3 is 5.97 Å². The summed E-state index contributed by atoms with van der Waals surface area (Å²) in [6, 6.07) is 1.40. The first kappa shape index (κ1) is 11.7. The van der Waals surface area contributed by atoms with Crippen LogP contribution in [-0.4, -0.2) is 34.5 Å². The van der Waals surface area contributed by atoms with Gasteiger partial charge in [0.15, 0.2) is 0 Å². The fourth-order valence-corrected chi connectivity index (χ4v) is 2.28. The fourth-order valence-electron chi connectivity index (χ4n) is 2.28. The Labute approximate surface area is 99.0 Å². The molecule has 1 aromatic rings. The number of aliphatic carboxylic acids is 1. The summed E-state index contributed by atoms with van der Waals surface area (Å²) in [5, 5.41) is 9.00. The maximum atomic E-state index is 12.1. The van der Waals surface area contributed by atoms with Gasteiger partial charge in [0, 0.05) is 12.6 Å². The van der Waals surface area contributed by atoms with Crippen LogP contribution in [0.1, 0.15) is 29.5 Å². The van der Waals surface area contributed by atoms with E-state index in [9.17, 15) is 9.59 Å². The Hall–Kier alpha value is -1.78. The van der Waals surface area contributed by atoms with Crippen molar-refractivity contribution in [3.8, 4) is 0 Å². The van der Waals surface area contributed by atoms with Gasteiger partial charge in [0.25, 0.3) is 5.91 Å². The molecule has 0 bridgehead atoms. The highest BCUT2D eigenvalue weighted by Crippen LogP contribution is 2.26. The Kier molecular flexibility index (Phi) is 2.92. The lowest BCUT2D eigenvalue weighted by Crippen LogP contribution is -2.37. The van der Waals surface area contributed by atoms with Crippen molar-refractivity contribution >= 4 is 11.9 Å². The van der Waals surface area contributed by atoms with Gasteiger partial charge in [-0.3, -0.25) is 9.59 Å². The fraction of sp³-hybridized carbons (Fsp3) is 0.500. The summed E-state index contributed by atoms with van der Waals surface area (Å²) in [5.74, 6) is -0.781. The van der Waals surface area contributed by atoms with E-state index in [1.165, 1.54) is 6.26 Å². The monoisotopic (exact) mass is 237 g/mol. The highest BCUT2D eigenvalue weighted by molar-refractivity contribution is 5.94. The molecule has 17 heavy (non-hydrogen) atoms. The topological polar surface area (TPSA) is 70.8 Å². The summed E-state index contributed by atoms with van der Waals surface area (Å²) in [4.78, 5) is 24.7. The summed E-state index contributed by atoms with van der Waals surface area (Å²) in [6.45, 7) is 4.03. The third kappa shape index (κ3) is 2.05. The number of carbonyl (C=O) groups excluding carboxylic acids is 1. The van der Waals surface area contributed by atoms with Gasteiger partial charge in [-0.05, 0) is 26.3 Å². The summed E-state index contributed by atoms with van der Waals surface area (Å²) >= 11 is 0. The number of amides is 1. The van der Waals surface area contributed by atoms with E-state index in [0.717, 1.165) is 0 Å². The smallest absolute Gasteiger partial charge is 0.308 e. The SMILES string of the molecule is Cc1cc(C(=O)N2CCC(C(=O)O)C2C)co1. The molecule has 0 aliphatic carbocycles. The highest BCUT2D eigenvalue weighted by atomic mass is 16.4. The van der Waals surface area contributed by atoms with Crippen molar-refractivity contribution in [2.24, 2.45) is 5.92 Å². The summed E-state index contributed by atoms with van der Waals surface area (Å²) in [6.07, 6.45) is 1.93. The minimum absolute atomic E-state index is 0.155. The van der Waals surface area contributed by atoms with E-state index in [4.69, 9.17) is 9.52 Å². The van der Waals surface area contributed by atoms with Gasteiger partial charge in [-0.15, -0.1) is 0 Å². The zero-order valence-electron chi connectivity index (χ0n) is 9.84. The minimum Gasteiger partial charge on any atom is -0.481 e. The molecular weight excluding hydrogens is 222 g/mol. The molecule has 0 radical (unpaired) electrons. The predicted octanol–water partition coefficient (Wildman–Crippen LogP) is 1.52. The van der Waals surface area contributed by atoms with E-state index in [1.807, 2.05) is 0 Å². The van der Waals surface area contributed by atoms with Crippen molar-refractivity contribution in [2.45, 2.75) is 26.3 Å². The first-order valence-corrected chi connectivity index (χ1v) is 5.59. The van der Waals surface area contributed by atoms with Crippen molar-refractivity contribution in [3.63, 3.8) is 0 Å². The van der Waals surface area contributed by atoms with Crippen LogP contribution in [-0.2, 0) is 4.79 Å². The first-order valence-electron chi connectivity index (χ1n) is 5.59. The lowest BCUT2D eigenvalue weighted by Gasteiger charge is -2.22. The van der Waals surface area contributed by atoms with Crippen LogP contribution < -0.4 is 0 Å². The number of hydrogen-bond donors (Lipinski definition) is 1. The number of carboxylic acid groups (broad SMARTS) is 1. The van der Waals surface area contributed by atoms with Gasteiger partial charge in [0.1, 0.15) is 12.0 Å². The van der Waals surface area contributed by atoms with Gasteiger partial charge in [0.2, 0.25) is 0 Å². The van der Waals surface area contributed by atoms with Gasteiger partial charge in [-0.2, -0.15) is 0 Å². The molecule has 0 aromatic carbocycles. The second-order valence-corrected chi connectivity index (χ2v) is 4.42.